The average Bonchev–Trinajstić information content (AvgIpc) is 2.27. The van der Waals surface area contributed by atoms with E-state index >= 15 is 0 Å². The normalized spacial score (nSPS) is 9.55. The van der Waals surface area contributed by atoms with E-state index < -0.39 is 0 Å². The quantitative estimate of drug-likeness (QED) is 0.726. The van der Waals surface area contributed by atoms with E-state index in [4.69, 9.17) is 0 Å². The number of imidazole rings is 1. The van der Waals surface area contributed by atoms with E-state index in [2.05, 4.69) is 9.97 Å². The van der Waals surface area contributed by atoms with Gasteiger partial charge in [0.05, 0.1) is 11.0 Å². The molecule has 2 aromatic rings. The predicted molar refractivity (Wildman–Crippen MR) is 58.4 cm³/mol. The SMILES string of the molecule is Cc1nc2ccccc2[nH]1.I.[HH]. The van der Waals surface area contributed by atoms with Crippen LogP contribution in [0.5, 0.6) is 0 Å². The van der Waals surface area contributed by atoms with E-state index in [0.29, 0.717) is 0 Å². The van der Waals surface area contributed by atoms with Gasteiger partial charge in [0.15, 0.2) is 0 Å². The van der Waals surface area contributed by atoms with E-state index in [-0.39, 0.29) is 25.4 Å². The van der Waals surface area contributed by atoms with Crippen molar-refractivity contribution in [3.05, 3.63) is 30.1 Å². The van der Waals surface area contributed by atoms with Gasteiger partial charge in [0.2, 0.25) is 0 Å². The van der Waals surface area contributed by atoms with Crippen molar-refractivity contribution in [2.45, 2.75) is 6.92 Å². The van der Waals surface area contributed by atoms with Crippen LogP contribution in [0.25, 0.3) is 11.0 Å². The lowest BCUT2D eigenvalue weighted by atomic mass is 10.3. The molecule has 1 aromatic carbocycles. The number of rotatable bonds is 0. The molecule has 1 N–H and O–H groups in total. The lowest BCUT2D eigenvalue weighted by Crippen LogP contribution is -1.68. The summed E-state index contributed by atoms with van der Waals surface area (Å²) in [7, 11) is 0. The van der Waals surface area contributed by atoms with Gasteiger partial charge < -0.3 is 4.98 Å². The highest BCUT2D eigenvalue weighted by Gasteiger charge is 1.93. The summed E-state index contributed by atoms with van der Waals surface area (Å²) in [5, 5.41) is 0. The van der Waals surface area contributed by atoms with E-state index in [1.165, 1.54) is 0 Å². The number of nitrogens with zero attached hydrogens (tertiary/aromatic N) is 1. The monoisotopic (exact) mass is 262 g/mol. The number of nitrogens with one attached hydrogen (secondary N) is 1. The van der Waals surface area contributed by atoms with E-state index in [1.807, 2.05) is 31.2 Å². The molecule has 0 fully saturated rings. The number of hydrogen-bond donors (Lipinski definition) is 1. The van der Waals surface area contributed by atoms with E-state index in [9.17, 15) is 0 Å². The van der Waals surface area contributed by atoms with Crippen molar-refractivity contribution < 1.29 is 1.43 Å². The van der Waals surface area contributed by atoms with Gasteiger partial charge in [-0.05, 0) is 19.1 Å². The molecule has 0 aliphatic rings. The van der Waals surface area contributed by atoms with Crippen LogP contribution in [0.4, 0.5) is 0 Å². The highest BCUT2D eigenvalue weighted by atomic mass is 127. The minimum atomic E-state index is 0. The Morgan fingerprint density at radius 2 is 2.09 bits per heavy atom. The third-order valence-corrected chi connectivity index (χ3v) is 1.51. The van der Waals surface area contributed by atoms with E-state index in [1.54, 1.807) is 0 Å². The number of hydrogen-bond acceptors (Lipinski definition) is 1. The number of benzene rings is 1. The first kappa shape index (κ1) is 8.52. The maximum Gasteiger partial charge on any atom is 0.104 e. The molecule has 0 amide bonds. The van der Waals surface area contributed by atoms with Gasteiger partial charge in [-0.15, -0.1) is 24.0 Å². The van der Waals surface area contributed by atoms with Crippen LogP contribution >= 0.6 is 24.0 Å². The highest BCUT2D eigenvalue weighted by Crippen LogP contribution is 2.08. The Balaban J connectivity index is 0.000000605. The molecule has 0 saturated heterocycles. The fourth-order valence-electron chi connectivity index (χ4n) is 1.08. The first-order valence-electron chi connectivity index (χ1n) is 3.27. The summed E-state index contributed by atoms with van der Waals surface area (Å²) in [6.45, 7) is 1.96. The van der Waals surface area contributed by atoms with Crippen LogP contribution < -0.4 is 0 Å². The van der Waals surface area contributed by atoms with Crippen LogP contribution in [0, 0.1) is 6.92 Å². The topological polar surface area (TPSA) is 28.7 Å². The number of para-hydroxylation sites is 2. The van der Waals surface area contributed by atoms with Crippen LogP contribution in [0.15, 0.2) is 24.3 Å². The molecule has 11 heavy (non-hydrogen) atoms. The van der Waals surface area contributed by atoms with Gasteiger partial charge in [0.25, 0.3) is 0 Å². The summed E-state index contributed by atoms with van der Waals surface area (Å²) in [4.78, 5) is 7.40. The number of H-pyrrole nitrogens is 1. The van der Waals surface area contributed by atoms with Crippen LogP contribution in [0.1, 0.15) is 7.25 Å². The standard InChI is InChI=1S/C8H8N2.HI.H2/c1-6-9-7-4-2-3-5-8(7)10-6;;/h2-5H,1H3,(H,9,10);2*1H. The Morgan fingerprint density at radius 3 is 2.82 bits per heavy atom. The second kappa shape index (κ2) is 3.21. The predicted octanol–water partition coefficient (Wildman–Crippen LogP) is 2.74. The van der Waals surface area contributed by atoms with Gasteiger partial charge in [-0.1, -0.05) is 12.1 Å². The maximum absolute atomic E-state index is 4.26. The van der Waals surface area contributed by atoms with Gasteiger partial charge >= 0.3 is 0 Å². The Hall–Kier alpha value is -0.580. The zero-order chi connectivity index (χ0) is 6.97. The zero-order valence-electron chi connectivity index (χ0n) is 6.16. The number of aromatic nitrogens is 2. The van der Waals surface area contributed by atoms with Gasteiger partial charge in [0.1, 0.15) is 5.82 Å². The molecule has 2 nitrogen and oxygen atoms in total. The molecular formula is C8H11IN2. The number of aromatic amines is 1. The summed E-state index contributed by atoms with van der Waals surface area (Å²) in [6.07, 6.45) is 0. The molecule has 0 saturated carbocycles. The van der Waals surface area contributed by atoms with Crippen LogP contribution in [0.3, 0.4) is 0 Å². The molecule has 60 valence electrons. The molecule has 2 rings (SSSR count). The first-order valence-corrected chi connectivity index (χ1v) is 3.27. The van der Waals surface area contributed by atoms with Gasteiger partial charge in [0, 0.05) is 1.43 Å². The molecule has 1 aromatic heterocycles. The molecule has 0 bridgehead atoms. The average molecular weight is 262 g/mol. The Morgan fingerprint density at radius 1 is 1.36 bits per heavy atom. The number of aryl methyl sites for hydroxylation is 1. The fourth-order valence-corrected chi connectivity index (χ4v) is 1.08. The van der Waals surface area contributed by atoms with Gasteiger partial charge in [-0.3, -0.25) is 0 Å². The largest absolute Gasteiger partial charge is 0.342 e. The Bertz CT molecular complexity index is 326. The summed E-state index contributed by atoms with van der Waals surface area (Å²) in [5.41, 5.74) is 2.15. The van der Waals surface area contributed by atoms with Crippen molar-refractivity contribution in [3.8, 4) is 0 Å². The van der Waals surface area contributed by atoms with Gasteiger partial charge in [-0.2, -0.15) is 0 Å². The second-order valence-corrected chi connectivity index (χ2v) is 2.34. The lowest BCUT2D eigenvalue weighted by Gasteiger charge is -1.81. The number of fused-ring (bicyclic) bond motifs is 1. The molecule has 0 spiro atoms. The Kier molecular flexibility index (Phi) is 2.49. The molecule has 0 aliphatic carbocycles. The fraction of sp³-hybridized carbons (Fsp3) is 0.125. The third-order valence-electron chi connectivity index (χ3n) is 1.51. The summed E-state index contributed by atoms with van der Waals surface area (Å²) >= 11 is 0. The summed E-state index contributed by atoms with van der Waals surface area (Å²) in [6, 6.07) is 8.01. The van der Waals surface area contributed by atoms with E-state index in [0.717, 1.165) is 16.9 Å². The minimum absolute atomic E-state index is 0. The molecule has 1 heterocycles. The van der Waals surface area contributed by atoms with Crippen LogP contribution in [0.2, 0.25) is 0 Å². The molecule has 0 radical (unpaired) electrons. The summed E-state index contributed by atoms with van der Waals surface area (Å²) < 4.78 is 0. The maximum atomic E-state index is 4.26. The molecule has 0 aliphatic heterocycles. The van der Waals surface area contributed by atoms with Crippen molar-refractivity contribution in [3.63, 3.8) is 0 Å². The van der Waals surface area contributed by atoms with Crippen molar-refractivity contribution >= 4 is 35.0 Å². The van der Waals surface area contributed by atoms with Crippen molar-refractivity contribution in [2.75, 3.05) is 0 Å². The molecule has 3 heteroatoms. The second-order valence-electron chi connectivity index (χ2n) is 2.34. The lowest BCUT2D eigenvalue weighted by molar-refractivity contribution is 1.17. The van der Waals surface area contributed by atoms with Gasteiger partial charge in [-0.25, -0.2) is 4.98 Å². The molecule has 0 atom stereocenters. The highest BCUT2D eigenvalue weighted by molar-refractivity contribution is 14.0. The minimum Gasteiger partial charge on any atom is -0.342 e. The third kappa shape index (κ3) is 1.53. The van der Waals surface area contributed by atoms with Crippen molar-refractivity contribution in [1.82, 2.24) is 9.97 Å². The smallest absolute Gasteiger partial charge is 0.104 e. The first-order chi connectivity index (χ1) is 4.86. The van der Waals surface area contributed by atoms with Crippen LogP contribution in [-0.4, -0.2) is 9.97 Å². The van der Waals surface area contributed by atoms with Crippen LogP contribution in [-0.2, 0) is 0 Å². The molecule has 0 unspecified atom stereocenters. The molecular weight excluding hydrogens is 251 g/mol. The van der Waals surface area contributed by atoms with Crippen molar-refractivity contribution in [2.24, 2.45) is 0 Å². The van der Waals surface area contributed by atoms with Crippen molar-refractivity contribution in [1.29, 1.82) is 0 Å². The Labute approximate surface area is 83.5 Å². The summed E-state index contributed by atoms with van der Waals surface area (Å²) in [5.74, 6) is 0.973. The zero-order valence-corrected chi connectivity index (χ0v) is 8.50. The number of halogens is 1.